The lowest BCUT2D eigenvalue weighted by atomic mass is 10.0. The van der Waals surface area contributed by atoms with E-state index in [1.54, 1.807) is 23.3 Å². The van der Waals surface area contributed by atoms with Gasteiger partial charge in [0, 0.05) is 43.9 Å². The van der Waals surface area contributed by atoms with Gasteiger partial charge in [-0.2, -0.15) is 10.2 Å². The van der Waals surface area contributed by atoms with E-state index in [0.717, 1.165) is 37.0 Å². The van der Waals surface area contributed by atoms with Crippen molar-refractivity contribution in [1.29, 1.82) is 0 Å². The first-order chi connectivity index (χ1) is 12.8. The van der Waals surface area contributed by atoms with E-state index in [9.17, 15) is 0 Å². The molecular weight excluding hydrogens is 328 g/mol. The first-order valence-corrected chi connectivity index (χ1v) is 9.00. The molecule has 3 aromatic heterocycles. The summed E-state index contributed by atoms with van der Waals surface area (Å²) in [5.74, 6) is 3.68. The Morgan fingerprint density at radius 1 is 1.08 bits per heavy atom. The molecule has 1 N–H and O–H groups in total. The predicted molar refractivity (Wildman–Crippen MR) is 97.4 cm³/mol. The molecule has 5 rings (SSSR count). The van der Waals surface area contributed by atoms with Crippen molar-refractivity contribution < 1.29 is 0 Å². The Kier molecular flexibility index (Phi) is 3.73. The highest BCUT2D eigenvalue weighted by Crippen LogP contribution is 2.38. The van der Waals surface area contributed by atoms with Crippen LogP contribution in [0.5, 0.6) is 0 Å². The molecule has 26 heavy (non-hydrogen) atoms. The second-order valence-corrected chi connectivity index (χ2v) is 6.96. The highest BCUT2D eigenvalue weighted by Gasteiger charge is 2.29. The fourth-order valence-corrected chi connectivity index (χ4v) is 3.19. The van der Waals surface area contributed by atoms with Gasteiger partial charge in [0.1, 0.15) is 5.82 Å². The second kappa shape index (κ2) is 6.36. The van der Waals surface area contributed by atoms with Crippen molar-refractivity contribution in [3.63, 3.8) is 0 Å². The van der Waals surface area contributed by atoms with Crippen LogP contribution in [-0.2, 0) is 0 Å². The maximum atomic E-state index is 4.55. The summed E-state index contributed by atoms with van der Waals surface area (Å²) in [4.78, 5) is 11.0. The molecule has 0 bridgehead atoms. The lowest BCUT2D eigenvalue weighted by Gasteiger charge is -2.40. The number of nitrogens with zero attached hydrogens (tertiary/aromatic N) is 7. The van der Waals surface area contributed by atoms with Crippen LogP contribution in [0.4, 0.5) is 11.6 Å². The average Bonchev–Trinajstić information content (AvgIpc) is 3.35. The van der Waals surface area contributed by atoms with Gasteiger partial charge in [-0.3, -0.25) is 4.98 Å². The Bertz CT molecular complexity index is 866. The zero-order valence-electron chi connectivity index (χ0n) is 14.4. The third kappa shape index (κ3) is 3.10. The smallest absolute Gasteiger partial charge is 0.173 e. The third-order valence-corrected chi connectivity index (χ3v) is 4.88. The average molecular weight is 348 g/mol. The van der Waals surface area contributed by atoms with Gasteiger partial charge < -0.3 is 10.2 Å². The quantitative estimate of drug-likeness (QED) is 0.728. The van der Waals surface area contributed by atoms with E-state index in [1.165, 1.54) is 12.8 Å². The van der Waals surface area contributed by atoms with E-state index >= 15 is 0 Å². The number of aromatic nitrogens is 6. The third-order valence-electron chi connectivity index (χ3n) is 4.88. The Labute approximate surface area is 151 Å². The second-order valence-electron chi connectivity index (χ2n) is 6.96. The fourth-order valence-electron chi connectivity index (χ4n) is 3.19. The summed E-state index contributed by atoms with van der Waals surface area (Å²) in [6.07, 6.45) is 9.54. The molecule has 1 aliphatic carbocycles. The number of nitrogens with one attached hydrogen (secondary N) is 1. The number of hydrogen-bond donors (Lipinski definition) is 1. The molecule has 0 amide bonds. The van der Waals surface area contributed by atoms with Gasteiger partial charge in [-0.15, -0.1) is 5.10 Å². The van der Waals surface area contributed by atoms with Crippen LogP contribution in [0.15, 0.2) is 43.0 Å². The minimum absolute atomic E-state index is 0.565. The predicted octanol–water partition coefficient (Wildman–Crippen LogP) is 1.88. The van der Waals surface area contributed by atoms with Crippen LogP contribution in [0.25, 0.3) is 5.82 Å². The molecule has 0 unspecified atom stereocenters. The summed E-state index contributed by atoms with van der Waals surface area (Å²) >= 11 is 0. The monoisotopic (exact) mass is 348 g/mol. The van der Waals surface area contributed by atoms with Crippen molar-refractivity contribution >= 4 is 11.6 Å². The van der Waals surface area contributed by atoms with Crippen molar-refractivity contribution in [3.8, 4) is 5.82 Å². The summed E-state index contributed by atoms with van der Waals surface area (Å²) in [5.41, 5.74) is 1.14. The number of rotatable bonds is 6. The molecule has 0 atom stereocenters. The molecule has 8 heteroatoms. The van der Waals surface area contributed by atoms with Gasteiger partial charge in [-0.05, 0) is 31.0 Å². The van der Waals surface area contributed by atoms with Gasteiger partial charge in [0.15, 0.2) is 11.6 Å². The van der Waals surface area contributed by atoms with Gasteiger partial charge in [-0.25, -0.2) is 9.67 Å². The van der Waals surface area contributed by atoms with Crippen molar-refractivity contribution in [3.05, 3.63) is 48.7 Å². The summed E-state index contributed by atoms with van der Waals surface area (Å²) in [6, 6.07) is 6.09. The minimum Gasteiger partial charge on any atom is -0.368 e. The normalized spacial score (nSPS) is 17.2. The van der Waals surface area contributed by atoms with Gasteiger partial charge in [0.05, 0.1) is 18.1 Å². The van der Waals surface area contributed by atoms with Crippen molar-refractivity contribution in [1.82, 2.24) is 29.9 Å². The van der Waals surface area contributed by atoms with E-state index in [-0.39, 0.29) is 0 Å². The maximum Gasteiger partial charge on any atom is 0.173 e. The van der Waals surface area contributed by atoms with Gasteiger partial charge in [0.25, 0.3) is 0 Å². The largest absolute Gasteiger partial charge is 0.368 e. The minimum atomic E-state index is 0.565. The molecule has 132 valence electrons. The zero-order chi connectivity index (χ0) is 17.3. The van der Waals surface area contributed by atoms with Crippen LogP contribution in [0, 0.1) is 5.92 Å². The fraction of sp³-hybridized carbons (Fsp3) is 0.389. The molecule has 8 nitrogen and oxygen atoms in total. The Morgan fingerprint density at radius 3 is 2.73 bits per heavy atom. The molecule has 0 aromatic carbocycles. The van der Waals surface area contributed by atoms with E-state index in [0.29, 0.717) is 17.7 Å². The summed E-state index contributed by atoms with van der Waals surface area (Å²) < 4.78 is 1.70. The van der Waals surface area contributed by atoms with E-state index < -0.39 is 0 Å². The summed E-state index contributed by atoms with van der Waals surface area (Å²) in [6.45, 7) is 2.83. The molecule has 0 radical (unpaired) electrons. The first-order valence-electron chi connectivity index (χ1n) is 9.00. The van der Waals surface area contributed by atoms with Gasteiger partial charge in [0.2, 0.25) is 0 Å². The summed E-state index contributed by atoms with van der Waals surface area (Å²) in [5, 5.41) is 16.3. The van der Waals surface area contributed by atoms with Crippen molar-refractivity contribution in [2.75, 3.05) is 29.9 Å². The Hall–Kier alpha value is -3.03. The molecule has 2 fully saturated rings. The highest BCUT2D eigenvalue weighted by atomic mass is 15.3. The standard InChI is InChI=1S/C18H20N8/c1-6-21-26(7-1)18-10-19-9-16(22-18)20-8-13-11-25(12-13)17-5-4-15(23-24-17)14-2-3-14/h1,4-7,9-10,13-14H,2-3,8,11-12H2,(H,20,22). The molecule has 0 spiro atoms. The van der Waals surface area contributed by atoms with Crippen molar-refractivity contribution in [2.45, 2.75) is 18.8 Å². The Balaban J connectivity index is 1.14. The molecular formula is C18H20N8. The number of hydrogen-bond acceptors (Lipinski definition) is 7. The van der Waals surface area contributed by atoms with Crippen LogP contribution < -0.4 is 10.2 Å². The Morgan fingerprint density at radius 2 is 2.00 bits per heavy atom. The van der Waals surface area contributed by atoms with Crippen LogP contribution in [0.1, 0.15) is 24.5 Å². The highest BCUT2D eigenvalue weighted by molar-refractivity contribution is 5.42. The topological polar surface area (TPSA) is 84.7 Å². The van der Waals surface area contributed by atoms with Crippen LogP contribution in [-0.4, -0.2) is 49.6 Å². The molecule has 2 aliphatic rings. The first kappa shape index (κ1) is 15.2. The van der Waals surface area contributed by atoms with E-state index in [4.69, 9.17) is 0 Å². The lowest BCUT2D eigenvalue weighted by molar-refractivity contribution is 0.425. The van der Waals surface area contributed by atoms with Crippen LogP contribution in [0.3, 0.4) is 0 Å². The van der Waals surface area contributed by atoms with E-state index in [2.05, 4.69) is 47.6 Å². The SMILES string of the molecule is c1cnn(-c2cncc(NCC3CN(c4ccc(C5CC5)nn4)C3)n2)c1. The van der Waals surface area contributed by atoms with Crippen LogP contribution in [0.2, 0.25) is 0 Å². The zero-order valence-corrected chi connectivity index (χ0v) is 14.4. The lowest BCUT2D eigenvalue weighted by Crippen LogP contribution is -2.50. The molecule has 3 aromatic rings. The molecule has 4 heterocycles. The van der Waals surface area contributed by atoms with Gasteiger partial charge in [-0.1, -0.05) is 0 Å². The van der Waals surface area contributed by atoms with Crippen LogP contribution >= 0.6 is 0 Å². The van der Waals surface area contributed by atoms with E-state index in [1.807, 2.05) is 12.3 Å². The molecule has 1 saturated heterocycles. The maximum absolute atomic E-state index is 4.55. The van der Waals surface area contributed by atoms with Gasteiger partial charge >= 0.3 is 0 Å². The number of anilines is 2. The summed E-state index contributed by atoms with van der Waals surface area (Å²) in [7, 11) is 0. The molecule has 1 aliphatic heterocycles. The molecule has 1 saturated carbocycles. The van der Waals surface area contributed by atoms with Crippen molar-refractivity contribution in [2.24, 2.45) is 5.92 Å².